The Hall–Kier alpha value is -2.06. The lowest BCUT2D eigenvalue weighted by Crippen LogP contribution is -2.30. The van der Waals surface area contributed by atoms with Crippen molar-refractivity contribution >= 4 is 23.0 Å². The first-order chi connectivity index (χ1) is 10.6. The minimum Gasteiger partial charge on any atom is -0.394 e. The summed E-state index contributed by atoms with van der Waals surface area (Å²) < 4.78 is 0. The Morgan fingerprint density at radius 3 is 2.55 bits per heavy atom. The first-order valence-electron chi connectivity index (χ1n) is 6.51. The summed E-state index contributed by atoms with van der Waals surface area (Å²) in [5, 5.41) is 19.6. The lowest BCUT2D eigenvalue weighted by Gasteiger charge is -2.11. The first-order valence-corrected chi connectivity index (χ1v) is 7.39. The summed E-state index contributed by atoms with van der Waals surface area (Å²) in [6.45, 7) is -0.716. The zero-order chi connectivity index (χ0) is 15.9. The average molecular weight is 321 g/mol. The quantitative estimate of drug-likeness (QED) is 0.522. The predicted octanol–water partition coefficient (Wildman–Crippen LogP) is 0.994. The molecule has 6 nitrogen and oxygen atoms in total. The molecule has 1 amide bonds. The summed E-state index contributed by atoms with van der Waals surface area (Å²) in [6, 6.07) is 9.86. The summed E-state index contributed by atoms with van der Waals surface area (Å²) in [5.41, 5.74) is 2.60. The lowest BCUT2D eigenvalue weighted by atomic mass is 10.0. The van der Waals surface area contributed by atoms with Crippen molar-refractivity contribution in [3.05, 3.63) is 57.8 Å². The fraction of sp³-hybridized carbons (Fsp3) is 0.200. The molecule has 2 rings (SSSR count). The van der Waals surface area contributed by atoms with Gasteiger partial charge in [0.2, 0.25) is 5.78 Å². The van der Waals surface area contributed by atoms with Crippen molar-refractivity contribution in [1.82, 2.24) is 5.48 Å². The van der Waals surface area contributed by atoms with Crippen LogP contribution >= 0.6 is 11.3 Å². The molecule has 0 fully saturated rings. The number of ketones is 1. The van der Waals surface area contributed by atoms with Gasteiger partial charge in [-0.3, -0.25) is 14.4 Å². The molecule has 2 aromatic rings. The Bertz CT molecular complexity index is 641. The number of aliphatic hydroxyl groups is 2. The van der Waals surface area contributed by atoms with Gasteiger partial charge in [0.1, 0.15) is 12.7 Å². The van der Waals surface area contributed by atoms with Crippen LogP contribution in [0.15, 0.2) is 41.8 Å². The Morgan fingerprint density at radius 1 is 1.18 bits per heavy atom. The molecule has 7 heteroatoms. The van der Waals surface area contributed by atoms with Crippen LogP contribution in [0.4, 0.5) is 0 Å². The normalized spacial score (nSPS) is 11.9. The Morgan fingerprint density at radius 2 is 1.91 bits per heavy atom. The minimum absolute atomic E-state index is 0.180. The average Bonchev–Trinajstić information content (AvgIpc) is 3.08. The number of carbonyl (C=O) groups is 2. The van der Waals surface area contributed by atoms with E-state index in [0.717, 1.165) is 0 Å². The van der Waals surface area contributed by atoms with E-state index in [9.17, 15) is 9.59 Å². The van der Waals surface area contributed by atoms with Crippen LogP contribution in [0.1, 0.15) is 25.6 Å². The molecule has 1 aromatic heterocycles. The summed E-state index contributed by atoms with van der Waals surface area (Å²) in [6.07, 6.45) is -1.08. The highest BCUT2D eigenvalue weighted by atomic mass is 32.1. The number of rotatable bonds is 7. The molecule has 1 heterocycles. The van der Waals surface area contributed by atoms with Gasteiger partial charge in [0, 0.05) is 5.56 Å². The molecule has 0 radical (unpaired) electrons. The number of nitrogens with one attached hydrogen (secondary N) is 1. The number of thiophene rings is 1. The smallest absolute Gasteiger partial charge is 0.275 e. The van der Waals surface area contributed by atoms with Crippen molar-refractivity contribution in [2.45, 2.75) is 6.10 Å². The third-order valence-electron chi connectivity index (χ3n) is 2.81. The van der Waals surface area contributed by atoms with Crippen molar-refractivity contribution < 1.29 is 24.6 Å². The van der Waals surface area contributed by atoms with Gasteiger partial charge in [-0.05, 0) is 17.5 Å². The third kappa shape index (κ3) is 3.99. The van der Waals surface area contributed by atoms with Crippen LogP contribution in [0.3, 0.4) is 0 Å². The molecule has 0 unspecified atom stereocenters. The molecule has 0 bridgehead atoms. The molecule has 0 spiro atoms. The number of benzene rings is 1. The van der Waals surface area contributed by atoms with E-state index in [4.69, 9.17) is 15.1 Å². The second kappa shape index (κ2) is 7.81. The van der Waals surface area contributed by atoms with Crippen molar-refractivity contribution in [1.29, 1.82) is 0 Å². The standard InChI is InChI=1S/C15H15NO5S/c17-8-10(18)9-21-16-15(20)12-5-2-1-4-11(12)14(19)13-6-3-7-22-13/h1-7,10,17-18H,8-9H2,(H,16,20)/t10-/m0/s1. The van der Waals surface area contributed by atoms with Crippen LogP contribution in [0.2, 0.25) is 0 Å². The fourth-order valence-corrected chi connectivity index (χ4v) is 2.41. The van der Waals surface area contributed by atoms with E-state index in [1.165, 1.54) is 17.4 Å². The van der Waals surface area contributed by atoms with Crippen molar-refractivity contribution in [3.63, 3.8) is 0 Å². The van der Waals surface area contributed by atoms with E-state index in [2.05, 4.69) is 5.48 Å². The Kier molecular flexibility index (Phi) is 5.79. The number of amides is 1. The van der Waals surface area contributed by atoms with Gasteiger partial charge in [0.15, 0.2) is 0 Å². The van der Waals surface area contributed by atoms with Crippen molar-refractivity contribution in [2.75, 3.05) is 13.2 Å². The molecule has 0 saturated carbocycles. The van der Waals surface area contributed by atoms with Crippen LogP contribution in [0.5, 0.6) is 0 Å². The molecule has 116 valence electrons. The highest BCUT2D eigenvalue weighted by molar-refractivity contribution is 7.12. The van der Waals surface area contributed by atoms with E-state index in [1.807, 2.05) is 0 Å². The molecule has 0 aliphatic heterocycles. The molecule has 0 saturated heterocycles. The second-order valence-corrected chi connectivity index (χ2v) is 5.38. The molecule has 3 N–H and O–H groups in total. The molecule has 1 atom stereocenters. The largest absolute Gasteiger partial charge is 0.394 e. The molecule has 1 aromatic carbocycles. The Balaban J connectivity index is 2.11. The predicted molar refractivity (Wildman–Crippen MR) is 80.7 cm³/mol. The zero-order valence-electron chi connectivity index (χ0n) is 11.6. The molecule has 0 aliphatic rings. The maximum absolute atomic E-state index is 12.4. The minimum atomic E-state index is -1.08. The second-order valence-electron chi connectivity index (χ2n) is 4.43. The van der Waals surface area contributed by atoms with Gasteiger partial charge < -0.3 is 10.2 Å². The number of hydroxylamine groups is 1. The molecule has 22 heavy (non-hydrogen) atoms. The summed E-state index contributed by atoms with van der Waals surface area (Å²) in [4.78, 5) is 29.8. The van der Waals surface area contributed by atoms with Crippen LogP contribution < -0.4 is 5.48 Å². The van der Waals surface area contributed by atoms with E-state index >= 15 is 0 Å². The van der Waals surface area contributed by atoms with Gasteiger partial charge in [-0.1, -0.05) is 24.3 Å². The lowest BCUT2D eigenvalue weighted by molar-refractivity contribution is -0.0295. The van der Waals surface area contributed by atoms with E-state index in [0.29, 0.717) is 4.88 Å². The fourth-order valence-electron chi connectivity index (χ4n) is 1.73. The van der Waals surface area contributed by atoms with Crippen LogP contribution in [0.25, 0.3) is 0 Å². The molecular formula is C15H15NO5S. The highest BCUT2D eigenvalue weighted by Gasteiger charge is 2.18. The SMILES string of the molecule is O=C(NOC[C@@H](O)CO)c1ccccc1C(=O)c1cccs1. The maximum atomic E-state index is 12.4. The molecule has 0 aliphatic carbocycles. The number of carbonyl (C=O) groups excluding carboxylic acids is 2. The first kappa shape index (κ1) is 16.3. The van der Waals surface area contributed by atoms with Gasteiger partial charge >= 0.3 is 0 Å². The van der Waals surface area contributed by atoms with Crippen molar-refractivity contribution in [3.8, 4) is 0 Å². The number of aliphatic hydroxyl groups excluding tert-OH is 2. The Labute approximate surface area is 130 Å². The summed E-state index contributed by atoms with van der Waals surface area (Å²) in [7, 11) is 0. The highest BCUT2D eigenvalue weighted by Crippen LogP contribution is 2.18. The van der Waals surface area contributed by atoms with Crippen LogP contribution in [-0.2, 0) is 4.84 Å². The number of hydrogen-bond donors (Lipinski definition) is 3. The van der Waals surface area contributed by atoms with E-state index in [1.54, 1.807) is 35.7 Å². The maximum Gasteiger partial charge on any atom is 0.275 e. The van der Waals surface area contributed by atoms with Gasteiger partial charge in [-0.15, -0.1) is 11.3 Å². The monoisotopic (exact) mass is 321 g/mol. The van der Waals surface area contributed by atoms with E-state index in [-0.39, 0.29) is 23.5 Å². The van der Waals surface area contributed by atoms with Gasteiger partial charge in [0.05, 0.1) is 17.0 Å². The van der Waals surface area contributed by atoms with Gasteiger partial charge in [-0.2, -0.15) is 0 Å². The van der Waals surface area contributed by atoms with Crippen LogP contribution in [-0.4, -0.2) is 41.2 Å². The van der Waals surface area contributed by atoms with Gasteiger partial charge in [0.25, 0.3) is 5.91 Å². The summed E-state index contributed by atoms with van der Waals surface area (Å²) >= 11 is 1.30. The third-order valence-corrected chi connectivity index (χ3v) is 3.68. The summed E-state index contributed by atoms with van der Waals surface area (Å²) in [5.74, 6) is -0.832. The zero-order valence-corrected chi connectivity index (χ0v) is 12.4. The number of hydrogen-bond acceptors (Lipinski definition) is 6. The topological polar surface area (TPSA) is 95.9 Å². The van der Waals surface area contributed by atoms with E-state index < -0.39 is 18.6 Å². The molecular weight excluding hydrogens is 306 g/mol. The van der Waals surface area contributed by atoms with Crippen molar-refractivity contribution in [2.24, 2.45) is 0 Å². The van der Waals surface area contributed by atoms with Gasteiger partial charge in [-0.25, -0.2) is 5.48 Å². The van der Waals surface area contributed by atoms with Crippen LogP contribution in [0, 0.1) is 0 Å².